The minimum Gasteiger partial charge on any atom is -0.455 e. The van der Waals surface area contributed by atoms with E-state index < -0.39 is 0 Å². The SMILES string of the molecule is Cc1cc(Oc2cccnc2)c([C@@H](C)N)cc1F. The van der Waals surface area contributed by atoms with E-state index in [1.165, 1.54) is 6.07 Å². The van der Waals surface area contributed by atoms with Gasteiger partial charge in [0.15, 0.2) is 0 Å². The van der Waals surface area contributed by atoms with Gasteiger partial charge in [-0.2, -0.15) is 0 Å². The molecule has 18 heavy (non-hydrogen) atoms. The highest BCUT2D eigenvalue weighted by Gasteiger charge is 2.12. The van der Waals surface area contributed by atoms with Crippen LogP contribution in [0.2, 0.25) is 0 Å². The third-order valence-electron chi connectivity index (χ3n) is 2.64. The lowest BCUT2D eigenvalue weighted by Crippen LogP contribution is -2.08. The van der Waals surface area contributed by atoms with Crippen LogP contribution < -0.4 is 10.5 Å². The van der Waals surface area contributed by atoms with Crippen LogP contribution in [0.15, 0.2) is 36.7 Å². The van der Waals surface area contributed by atoms with Crippen LogP contribution >= 0.6 is 0 Å². The first kappa shape index (κ1) is 12.5. The topological polar surface area (TPSA) is 48.1 Å². The fourth-order valence-corrected chi connectivity index (χ4v) is 1.65. The zero-order valence-corrected chi connectivity index (χ0v) is 10.4. The smallest absolute Gasteiger partial charge is 0.145 e. The fourth-order valence-electron chi connectivity index (χ4n) is 1.65. The van der Waals surface area contributed by atoms with Crippen molar-refractivity contribution in [3.8, 4) is 11.5 Å². The molecule has 0 bridgehead atoms. The summed E-state index contributed by atoms with van der Waals surface area (Å²) in [6, 6.07) is 6.34. The van der Waals surface area contributed by atoms with Gasteiger partial charge in [-0.25, -0.2) is 4.39 Å². The van der Waals surface area contributed by atoms with E-state index in [0.717, 1.165) is 0 Å². The third-order valence-corrected chi connectivity index (χ3v) is 2.64. The van der Waals surface area contributed by atoms with E-state index >= 15 is 0 Å². The molecule has 0 spiro atoms. The number of aryl methyl sites for hydroxylation is 1. The van der Waals surface area contributed by atoms with Gasteiger partial charge >= 0.3 is 0 Å². The van der Waals surface area contributed by atoms with E-state index in [1.807, 2.05) is 0 Å². The van der Waals surface area contributed by atoms with Gasteiger partial charge in [-0.15, -0.1) is 0 Å². The van der Waals surface area contributed by atoms with Gasteiger partial charge in [-0.1, -0.05) is 0 Å². The molecule has 0 unspecified atom stereocenters. The predicted octanol–water partition coefficient (Wildman–Crippen LogP) is 3.34. The van der Waals surface area contributed by atoms with Crippen molar-refractivity contribution in [3.63, 3.8) is 0 Å². The Labute approximate surface area is 105 Å². The van der Waals surface area contributed by atoms with Crippen LogP contribution in [-0.4, -0.2) is 4.98 Å². The van der Waals surface area contributed by atoms with Crippen molar-refractivity contribution in [2.45, 2.75) is 19.9 Å². The average molecular weight is 246 g/mol. The third kappa shape index (κ3) is 2.65. The van der Waals surface area contributed by atoms with Gasteiger partial charge in [0.2, 0.25) is 0 Å². The van der Waals surface area contributed by atoms with Crippen molar-refractivity contribution in [1.29, 1.82) is 0 Å². The maximum absolute atomic E-state index is 13.5. The summed E-state index contributed by atoms with van der Waals surface area (Å²) < 4.78 is 19.2. The van der Waals surface area contributed by atoms with Gasteiger partial charge in [-0.3, -0.25) is 4.98 Å². The summed E-state index contributed by atoms with van der Waals surface area (Å²) in [6.07, 6.45) is 3.26. The van der Waals surface area contributed by atoms with Crippen LogP contribution in [0.25, 0.3) is 0 Å². The van der Waals surface area contributed by atoms with Gasteiger partial charge in [0.05, 0.1) is 6.20 Å². The summed E-state index contributed by atoms with van der Waals surface area (Å²) in [5.41, 5.74) is 6.99. The molecular weight excluding hydrogens is 231 g/mol. The number of hydrogen-bond acceptors (Lipinski definition) is 3. The molecule has 2 rings (SSSR count). The number of halogens is 1. The lowest BCUT2D eigenvalue weighted by Gasteiger charge is -2.15. The maximum atomic E-state index is 13.5. The number of nitrogens with zero attached hydrogens (tertiary/aromatic N) is 1. The maximum Gasteiger partial charge on any atom is 0.145 e. The van der Waals surface area contributed by atoms with Crippen LogP contribution in [-0.2, 0) is 0 Å². The molecule has 0 saturated heterocycles. The Hall–Kier alpha value is -1.94. The first-order valence-electron chi connectivity index (χ1n) is 5.71. The van der Waals surface area contributed by atoms with Gasteiger partial charge in [0, 0.05) is 17.8 Å². The molecular formula is C14H15FN2O. The summed E-state index contributed by atoms with van der Waals surface area (Å²) >= 11 is 0. The Bertz CT molecular complexity index is 541. The largest absolute Gasteiger partial charge is 0.455 e. The number of ether oxygens (including phenoxy) is 1. The second kappa shape index (κ2) is 5.14. The Morgan fingerprint density at radius 2 is 2.17 bits per heavy atom. The molecule has 0 saturated carbocycles. The van der Waals surface area contributed by atoms with Crippen LogP contribution in [0, 0.1) is 12.7 Å². The second-order valence-electron chi connectivity index (χ2n) is 4.22. The zero-order valence-electron chi connectivity index (χ0n) is 10.4. The molecule has 2 aromatic rings. The van der Waals surface area contributed by atoms with E-state index in [1.54, 1.807) is 44.4 Å². The number of benzene rings is 1. The molecule has 0 radical (unpaired) electrons. The highest BCUT2D eigenvalue weighted by Crippen LogP contribution is 2.30. The van der Waals surface area contributed by atoms with E-state index in [9.17, 15) is 4.39 Å². The molecule has 1 aromatic heterocycles. The van der Waals surface area contributed by atoms with E-state index in [-0.39, 0.29) is 11.9 Å². The van der Waals surface area contributed by atoms with Crippen LogP contribution in [0.3, 0.4) is 0 Å². The number of pyridine rings is 1. The molecule has 0 aliphatic rings. The number of rotatable bonds is 3. The Balaban J connectivity index is 2.40. The number of nitrogens with two attached hydrogens (primary N) is 1. The summed E-state index contributed by atoms with van der Waals surface area (Å²) in [4.78, 5) is 3.97. The lowest BCUT2D eigenvalue weighted by molar-refractivity contribution is 0.466. The van der Waals surface area contributed by atoms with Crippen molar-refractivity contribution in [2.75, 3.05) is 0 Å². The first-order valence-corrected chi connectivity index (χ1v) is 5.71. The normalized spacial score (nSPS) is 12.2. The van der Waals surface area contributed by atoms with Gasteiger partial charge in [0.25, 0.3) is 0 Å². The van der Waals surface area contributed by atoms with Crippen molar-refractivity contribution >= 4 is 0 Å². The first-order chi connectivity index (χ1) is 8.58. The number of hydrogen-bond donors (Lipinski definition) is 1. The molecule has 0 aliphatic heterocycles. The molecule has 3 nitrogen and oxygen atoms in total. The predicted molar refractivity (Wildman–Crippen MR) is 68.1 cm³/mol. The molecule has 0 amide bonds. The Morgan fingerprint density at radius 3 is 2.78 bits per heavy atom. The quantitative estimate of drug-likeness (QED) is 0.903. The molecule has 1 heterocycles. The highest BCUT2D eigenvalue weighted by molar-refractivity contribution is 5.42. The highest BCUT2D eigenvalue weighted by atomic mass is 19.1. The standard InChI is InChI=1S/C14H15FN2O/c1-9-6-14(12(10(2)16)7-13(9)15)18-11-4-3-5-17-8-11/h3-8,10H,16H2,1-2H3/t10-/m1/s1. The molecule has 1 atom stereocenters. The van der Waals surface area contributed by atoms with Crippen LogP contribution in [0.1, 0.15) is 24.1 Å². The van der Waals surface area contributed by atoms with Crippen LogP contribution in [0.4, 0.5) is 4.39 Å². The minimum absolute atomic E-state index is 0.277. The molecule has 4 heteroatoms. The van der Waals surface area contributed by atoms with Crippen molar-refractivity contribution < 1.29 is 9.13 Å². The number of aromatic nitrogens is 1. The van der Waals surface area contributed by atoms with E-state index in [0.29, 0.717) is 22.6 Å². The van der Waals surface area contributed by atoms with E-state index in [2.05, 4.69) is 4.98 Å². The molecule has 0 fully saturated rings. The Morgan fingerprint density at radius 1 is 1.39 bits per heavy atom. The van der Waals surface area contributed by atoms with E-state index in [4.69, 9.17) is 10.5 Å². The molecule has 1 aromatic carbocycles. The molecule has 94 valence electrons. The van der Waals surface area contributed by atoms with Crippen molar-refractivity contribution in [1.82, 2.24) is 4.98 Å². The van der Waals surface area contributed by atoms with Gasteiger partial charge < -0.3 is 10.5 Å². The molecule has 0 aliphatic carbocycles. The Kier molecular flexibility index (Phi) is 3.58. The van der Waals surface area contributed by atoms with Gasteiger partial charge in [0.1, 0.15) is 17.3 Å². The van der Waals surface area contributed by atoms with Gasteiger partial charge in [-0.05, 0) is 43.7 Å². The van der Waals surface area contributed by atoms with Crippen molar-refractivity contribution in [2.24, 2.45) is 5.73 Å². The minimum atomic E-state index is -0.299. The second-order valence-corrected chi connectivity index (χ2v) is 4.22. The van der Waals surface area contributed by atoms with Crippen LogP contribution in [0.5, 0.6) is 11.5 Å². The molecule has 2 N–H and O–H groups in total. The summed E-state index contributed by atoms with van der Waals surface area (Å²) in [6.45, 7) is 3.48. The fraction of sp³-hybridized carbons (Fsp3) is 0.214. The lowest BCUT2D eigenvalue weighted by atomic mass is 10.1. The average Bonchev–Trinajstić information content (AvgIpc) is 2.34. The monoisotopic (exact) mass is 246 g/mol. The van der Waals surface area contributed by atoms with Crippen molar-refractivity contribution in [3.05, 3.63) is 53.6 Å². The summed E-state index contributed by atoms with van der Waals surface area (Å²) in [7, 11) is 0. The summed E-state index contributed by atoms with van der Waals surface area (Å²) in [5, 5.41) is 0. The zero-order chi connectivity index (χ0) is 13.1. The summed E-state index contributed by atoms with van der Waals surface area (Å²) in [5.74, 6) is 0.892.